The molecule has 20 nitrogen and oxygen atoms in total. The number of allylic oxidation sites excluding steroid dienone is 3. The maximum atomic E-state index is 16.2. The number of urea groups is 1. The van der Waals surface area contributed by atoms with Gasteiger partial charge in [-0.25, -0.2) is 14.0 Å². The first kappa shape index (κ1) is 66.8. The molecule has 24 heteroatoms. The fourth-order valence-corrected chi connectivity index (χ4v) is 11.9. The lowest BCUT2D eigenvalue weighted by atomic mass is 9.78. The lowest BCUT2D eigenvalue weighted by Crippen LogP contribution is -2.53. The molecule has 6 rings (SSSR count). The van der Waals surface area contributed by atoms with Crippen molar-refractivity contribution < 1.29 is 71.5 Å². The molecule has 1 unspecified atom stereocenters. The number of aliphatic hydroxyl groups is 1. The van der Waals surface area contributed by atoms with E-state index in [-0.39, 0.29) is 84.1 Å². The number of unbranched alkanes of at least 4 members (excludes halogenated alkanes) is 2. The Bertz CT molecular complexity index is 2960. The summed E-state index contributed by atoms with van der Waals surface area (Å²) < 4.78 is 45.7. The second-order valence-corrected chi connectivity index (χ2v) is 24.0. The smallest absolute Gasteiger partial charge is 0.412 e. The molecule has 0 spiro atoms. The fourth-order valence-electron chi connectivity index (χ4n) is 11.0. The number of hydrogen-bond donors (Lipinski definition) is 5. The quantitative estimate of drug-likeness (QED) is 0.0185. The number of carbonyl (C=O) groups is 8. The van der Waals surface area contributed by atoms with Crippen molar-refractivity contribution in [3.8, 4) is 5.75 Å². The average molecular weight is 1230 g/mol. The summed E-state index contributed by atoms with van der Waals surface area (Å²) in [5.74, 6) is -5.16. The number of benzene rings is 2. The van der Waals surface area contributed by atoms with Crippen LogP contribution in [-0.2, 0) is 60.6 Å². The largest absolute Gasteiger partial charge is 0.495 e. The number of fused-ring (bicyclic) bond motifs is 5. The average Bonchev–Trinajstić information content (AvgIpc) is 1.93. The number of esters is 1. The van der Waals surface area contributed by atoms with Crippen molar-refractivity contribution >= 4 is 99.2 Å². The van der Waals surface area contributed by atoms with Crippen LogP contribution >= 0.6 is 35.4 Å². The van der Waals surface area contributed by atoms with E-state index in [4.69, 9.17) is 64.8 Å². The number of nitrogens with zero attached hydrogens (tertiary/aromatic N) is 2. The molecular formula is C60H77Cl2FN6O14S. The van der Waals surface area contributed by atoms with Gasteiger partial charge in [0.2, 0.25) is 23.6 Å². The Balaban J connectivity index is 1.18. The third-order valence-corrected chi connectivity index (χ3v) is 17.1. The number of epoxide rings is 1. The molecule has 6 N–H and O–H groups in total. The van der Waals surface area contributed by atoms with Crippen molar-refractivity contribution in [3.63, 3.8) is 0 Å². The fraction of sp³-hybridized carbons (Fsp3) is 0.550. The van der Waals surface area contributed by atoms with Crippen molar-refractivity contribution in [1.82, 2.24) is 15.5 Å². The lowest BCUT2D eigenvalue weighted by molar-refractivity contribution is -0.187. The molecule has 4 aliphatic heterocycles. The molecule has 3 saturated heterocycles. The van der Waals surface area contributed by atoms with Gasteiger partial charge in [-0.3, -0.25) is 39.0 Å². The number of nitrogens with two attached hydrogens (primary N) is 1. The number of likely N-dealkylation sites (tertiary alicyclic amines) is 1. The number of thiocarbonyl (C=S) groups is 1. The Morgan fingerprint density at radius 3 is 2.42 bits per heavy atom. The predicted molar refractivity (Wildman–Crippen MR) is 317 cm³/mol. The van der Waals surface area contributed by atoms with Crippen molar-refractivity contribution in [1.29, 1.82) is 0 Å². The van der Waals surface area contributed by atoms with Gasteiger partial charge in [-0.1, -0.05) is 91.6 Å². The minimum atomic E-state index is -1.68. The van der Waals surface area contributed by atoms with Crippen LogP contribution in [0.25, 0.3) is 0 Å². The number of amides is 7. The van der Waals surface area contributed by atoms with Gasteiger partial charge in [-0.05, 0) is 106 Å². The van der Waals surface area contributed by atoms with E-state index in [1.807, 2.05) is 13.0 Å². The molecule has 458 valence electrons. The zero-order valence-electron chi connectivity index (χ0n) is 48.7. The summed E-state index contributed by atoms with van der Waals surface area (Å²) in [6, 6.07) is 3.55. The van der Waals surface area contributed by atoms with Gasteiger partial charge in [0, 0.05) is 58.3 Å². The molecule has 84 heavy (non-hydrogen) atoms. The first-order valence-corrected chi connectivity index (χ1v) is 29.2. The van der Waals surface area contributed by atoms with Crippen LogP contribution in [0.15, 0.2) is 60.2 Å². The van der Waals surface area contributed by atoms with Crippen LogP contribution in [0.3, 0.4) is 0 Å². The Morgan fingerprint density at radius 1 is 1.04 bits per heavy atom. The Labute approximate surface area is 504 Å². The number of nitrogens with one attached hydrogen (secondary N) is 3. The van der Waals surface area contributed by atoms with Crippen LogP contribution in [0.4, 0.5) is 25.4 Å². The molecule has 3 fully saturated rings. The molecule has 0 saturated carbocycles. The van der Waals surface area contributed by atoms with Gasteiger partial charge >= 0.3 is 18.1 Å². The minimum Gasteiger partial charge on any atom is -0.495 e. The van der Waals surface area contributed by atoms with Crippen LogP contribution in [0.1, 0.15) is 116 Å². The van der Waals surface area contributed by atoms with Gasteiger partial charge in [0.25, 0.3) is 0 Å². The van der Waals surface area contributed by atoms with Crippen LogP contribution < -0.4 is 31.3 Å². The maximum Gasteiger partial charge on any atom is 0.412 e. The molecule has 7 amide bonds. The number of anilines is 2. The van der Waals surface area contributed by atoms with Crippen LogP contribution in [0.2, 0.25) is 10.0 Å². The summed E-state index contributed by atoms with van der Waals surface area (Å²) in [6.07, 6.45) is 2.05. The molecule has 2 aromatic rings. The first-order chi connectivity index (χ1) is 39.6. The maximum absolute atomic E-state index is 16.2. The third kappa shape index (κ3) is 17.0. The normalized spacial score (nSPS) is 26.2. The van der Waals surface area contributed by atoms with Gasteiger partial charge in [-0.2, -0.15) is 0 Å². The van der Waals surface area contributed by atoms with E-state index in [9.17, 15) is 43.5 Å². The standard InChI is InChI=1S/C60H77Cl2FN6O14S/c1-32(2)39(27-38(84)16-11-10-12-20-69-51(72)22-34(4)56(69)75)55(74)66-42(17-14-19-65-57(64)76)45(70)26-37-25-40(61)43(28-41(37)63)67-58(77)82-49-29-50(71)68(7)44-23-36(24-46(79-8)53(44)62)21-33(3)15-13-18-48(80-9)60(78)30-47(81-52(73)31-60)35(5)54-59(49,6)83-54/h13,15,18,23-25,28,34-35,39,42,47-49,54,78H,1,10-12,14,16-17,19-22,26-27,29-31H2,2-9H3,(H,66,74)(H,67,77)(H3,64,65,76)/b18-13+,33-15+/t34?,35-,39+,42+,47+,48-,49+,54+,59+,60-/m1/s1. The first-order valence-electron chi connectivity index (χ1n) is 28.0. The molecule has 0 aromatic heterocycles. The highest BCUT2D eigenvalue weighted by Crippen LogP contribution is 2.50. The van der Waals surface area contributed by atoms with E-state index in [1.54, 1.807) is 52.0 Å². The SMILES string of the molecule is C=C(C)[C@H](CC(=S)CCCCCN1C(=O)CC(C)C1=O)C(=O)N[C@@H](CCCNC(N)=O)C(=O)Cc1cc(Cl)c(NC(=O)O[C@H]2CC(=O)N(C)c3cc(cc(OC)c3Cl)C/C(C)=C/C=C/[C@@H](OC)[C@]3(O)CC(=O)O[C@@H](C3)[C@@H](C)[C@@H]3O[C@@]23C)cc1F. The summed E-state index contributed by atoms with van der Waals surface area (Å²) in [4.78, 5) is 109. The Hall–Kier alpha value is -6.30. The summed E-state index contributed by atoms with van der Waals surface area (Å²) in [5, 5.41) is 19.6. The van der Waals surface area contributed by atoms with Gasteiger partial charge < -0.3 is 50.1 Å². The number of ether oxygens (including phenoxy) is 5. The highest BCUT2D eigenvalue weighted by molar-refractivity contribution is 7.80. The summed E-state index contributed by atoms with van der Waals surface area (Å²) in [6.45, 7) is 13.0. The number of hydrogen-bond acceptors (Lipinski definition) is 15. The topological polar surface area (TPSA) is 275 Å². The second-order valence-electron chi connectivity index (χ2n) is 22.6. The molecule has 0 radical (unpaired) electrons. The van der Waals surface area contributed by atoms with Crippen molar-refractivity contribution in [2.75, 3.05) is 44.6 Å². The number of Topliss-reactive ketones (excluding diaryl/α,β-unsaturated/α-hetero) is 1. The van der Waals surface area contributed by atoms with Crippen molar-refractivity contribution in [2.24, 2.45) is 23.5 Å². The number of halogens is 3. The summed E-state index contributed by atoms with van der Waals surface area (Å²) >= 11 is 19.2. The van der Waals surface area contributed by atoms with E-state index in [0.29, 0.717) is 60.5 Å². The van der Waals surface area contributed by atoms with Crippen molar-refractivity contribution in [2.45, 2.75) is 160 Å². The Kier molecular flexibility index (Phi) is 23.2. The number of methoxy groups -OCH3 is 2. The number of carbonyl (C=O) groups excluding carboxylic acids is 8. The molecule has 4 heterocycles. The highest BCUT2D eigenvalue weighted by Gasteiger charge is 2.64. The molecule has 0 aliphatic carbocycles. The van der Waals surface area contributed by atoms with E-state index in [0.717, 1.165) is 23.3 Å². The predicted octanol–water partition coefficient (Wildman–Crippen LogP) is 8.37. The van der Waals surface area contributed by atoms with E-state index >= 15 is 4.39 Å². The molecule has 4 bridgehead atoms. The number of primary amides is 1. The number of imide groups is 1. The van der Waals surface area contributed by atoms with Gasteiger partial charge in [0.05, 0.1) is 54.4 Å². The minimum absolute atomic E-state index is 0.0202. The van der Waals surface area contributed by atoms with Gasteiger partial charge in [0.15, 0.2) is 5.78 Å². The molecule has 10 atom stereocenters. The lowest BCUT2D eigenvalue weighted by Gasteiger charge is -2.41. The summed E-state index contributed by atoms with van der Waals surface area (Å²) in [7, 11) is 4.37. The molecule has 2 aromatic carbocycles. The van der Waals surface area contributed by atoms with Gasteiger partial charge in [-0.15, -0.1) is 0 Å². The molecule has 4 aliphatic rings. The van der Waals surface area contributed by atoms with Gasteiger partial charge in [0.1, 0.15) is 46.1 Å². The third-order valence-electron chi connectivity index (χ3n) is 16.0. The Morgan fingerprint density at radius 2 is 1.76 bits per heavy atom. The summed E-state index contributed by atoms with van der Waals surface area (Å²) in [5.41, 5.74) is 4.12. The number of ketones is 1. The van der Waals surface area contributed by atoms with Crippen LogP contribution in [0.5, 0.6) is 5.75 Å². The van der Waals surface area contributed by atoms with E-state index in [1.165, 1.54) is 31.1 Å². The van der Waals surface area contributed by atoms with E-state index < -0.39 is 108 Å². The van der Waals surface area contributed by atoms with Crippen LogP contribution in [0, 0.1) is 23.6 Å². The zero-order valence-corrected chi connectivity index (χ0v) is 51.1. The monoisotopic (exact) mass is 1230 g/mol. The van der Waals surface area contributed by atoms with Crippen molar-refractivity contribution in [3.05, 3.63) is 87.2 Å². The highest BCUT2D eigenvalue weighted by atomic mass is 35.5. The molecular weight excluding hydrogens is 1150 g/mol. The van der Waals surface area contributed by atoms with Crippen LogP contribution in [-0.4, -0.2) is 138 Å². The van der Waals surface area contributed by atoms with E-state index in [2.05, 4.69) is 22.5 Å². The zero-order chi connectivity index (χ0) is 62.0. The number of rotatable bonds is 22. The second kappa shape index (κ2) is 29.2.